The van der Waals surface area contributed by atoms with Crippen LogP contribution in [0.5, 0.6) is 5.75 Å². The first-order chi connectivity index (χ1) is 11.5. The fraction of sp³-hybridized carbons (Fsp3) is 0.474. The van der Waals surface area contributed by atoms with Crippen LogP contribution in [0, 0.1) is 18.8 Å². The summed E-state index contributed by atoms with van der Waals surface area (Å²) in [6, 6.07) is 9.63. The zero-order valence-corrected chi connectivity index (χ0v) is 14.6. The van der Waals surface area contributed by atoms with E-state index in [1.165, 1.54) is 6.42 Å². The molecule has 3 rings (SSSR count). The third-order valence-corrected chi connectivity index (χ3v) is 4.46. The van der Waals surface area contributed by atoms with Gasteiger partial charge in [-0.05, 0) is 42.9 Å². The van der Waals surface area contributed by atoms with E-state index in [4.69, 9.17) is 4.74 Å². The smallest absolute Gasteiger partial charge is 0.274 e. The van der Waals surface area contributed by atoms with E-state index >= 15 is 0 Å². The number of aryl methyl sites for hydroxylation is 1. The van der Waals surface area contributed by atoms with Crippen LogP contribution in [0.3, 0.4) is 0 Å². The maximum Gasteiger partial charge on any atom is 0.274 e. The van der Waals surface area contributed by atoms with Gasteiger partial charge in [-0.3, -0.25) is 4.79 Å². The van der Waals surface area contributed by atoms with Crippen molar-refractivity contribution in [1.29, 1.82) is 0 Å². The second-order valence-electron chi connectivity index (χ2n) is 6.94. The van der Waals surface area contributed by atoms with Gasteiger partial charge < -0.3 is 9.64 Å². The number of carbonyl (C=O) groups excluding carboxylic acids is 1. The van der Waals surface area contributed by atoms with E-state index in [0.717, 1.165) is 24.4 Å². The Labute approximate surface area is 143 Å². The summed E-state index contributed by atoms with van der Waals surface area (Å²) in [6.45, 7) is 8.33. The van der Waals surface area contributed by atoms with E-state index in [0.29, 0.717) is 24.3 Å². The number of aromatic nitrogens is 2. The van der Waals surface area contributed by atoms with Gasteiger partial charge in [0.05, 0.1) is 0 Å². The third kappa shape index (κ3) is 3.78. The number of hydrogen-bond acceptors (Lipinski definition) is 3. The SMILES string of the molecule is Cc1ccccc1OCn1ccc(C(=O)N2C[C@H](C)C[C@@H](C)C2)n1. The van der Waals surface area contributed by atoms with Crippen molar-refractivity contribution in [1.82, 2.24) is 14.7 Å². The largest absolute Gasteiger partial charge is 0.471 e. The minimum Gasteiger partial charge on any atom is -0.471 e. The summed E-state index contributed by atoms with van der Waals surface area (Å²) in [7, 11) is 0. The first-order valence-corrected chi connectivity index (χ1v) is 8.54. The molecule has 0 aliphatic carbocycles. The molecule has 1 saturated heterocycles. The van der Waals surface area contributed by atoms with Gasteiger partial charge in [-0.2, -0.15) is 5.10 Å². The molecule has 2 aromatic rings. The Bertz CT molecular complexity index is 700. The minimum atomic E-state index is 0.0167. The fourth-order valence-electron chi connectivity index (χ4n) is 3.39. The highest BCUT2D eigenvalue weighted by molar-refractivity contribution is 5.92. The van der Waals surface area contributed by atoms with Crippen molar-refractivity contribution in [3.63, 3.8) is 0 Å². The number of nitrogens with zero attached hydrogens (tertiary/aromatic N) is 3. The van der Waals surface area contributed by atoms with Gasteiger partial charge in [0.1, 0.15) is 5.75 Å². The summed E-state index contributed by atoms with van der Waals surface area (Å²) in [4.78, 5) is 14.6. The van der Waals surface area contributed by atoms with Crippen LogP contribution in [-0.4, -0.2) is 33.7 Å². The standard InChI is InChI=1S/C19H25N3O2/c1-14-10-15(2)12-21(11-14)19(23)17-8-9-22(20-17)13-24-18-7-5-4-6-16(18)3/h4-9,14-15H,10-13H2,1-3H3/t14-,15-/m1/s1. The maximum absolute atomic E-state index is 12.6. The number of rotatable bonds is 4. The molecule has 2 heterocycles. The molecule has 1 amide bonds. The molecule has 0 saturated carbocycles. The molecule has 24 heavy (non-hydrogen) atoms. The highest BCUT2D eigenvalue weighted by Crippen LogP contribution is 2.22. The van der Waals surface area contributed by atoms with Crippen molar-refractivity contribution in [2.24, 2.45) is 11.8 Å². The van der Waals surface area contributed by atoms with Gasteiger partial charge in [-0.1, -0.05) is 32.0 Å². The lowest BCUT2D eigenvalue weighted by Gasteiger charge is -2.34. The molecule has 0 unspecified atom stereocenters. The Balaban J connectivity index is 1.62. The molecular formula is C19H25N3O2. The fourth-order valence-corrected chi connectivity index (χ4v) is 3.39. The van der Waals surface area contributed by atoms with Gasteiger partial charge in [0.15, 0.2) is 12.4 Å². The van der Waals surface area contributed by atoms with Crippen LogP contribution in [0.2, 0.25) is 0 Å². The van der Waals surface area contributed by atoms with Gasteiger partial charge >= 0.3 is 0 Å². The number of hydrogen-bond donors (Lipinski definition) is 0. The first kappa shape index (κ1) is 16.6. The monoisotopic (exact) mass is 327 g/mol. The van der Waals surface area contributed by atoms with Gasteiger partial charge in [-0.15, -0.1) is 0 Å². The van der Waals surface area contributed by atoms with Crippen LogP contribution in [-0.2, 0) is 6.73 Å². The minimum absolute atomic E-state index is 0.0167. The van der Waals surface area contributed by atoms with Crippen LogP contribution in [0.1, 0.15) is 36.3 Å². The van der Waals surface area contributed by atoms with Crippen LogP contribution in [0.25, 0.3) is 0 Å². The zero-order valence-electron chi connectivity index (χ0n) is 14.6. The third-order valence-electron chi connectivity index (χ3n) is 4.46. The van der Waals surface area contributed by atoms with Gasteiger partial charge in [0.25, 0.3) is 5.91 Å². The number of para-hydroxylation sites is 1. The Morgan fingerprint density at radius 3 is 2.62 bits per heavy atom. The molecule has 1 aromatic heterocycles. The predicted octanol–water partition coefficient (Wildman–Crippen LogP) is 3.35. The number of amides is 1. The average molecular weight is 327 g/mol. The molecule has 5 nitrogen and oxygen atoms in total. The Kier molecular flexibility index (Phi) is 4.88. The van der Waals surface area contributed by atoms with E-state index in [1.807, 2.05) is 36.1 Å². The van der Waals surface area contributed by atoms with Crippen molar-refractivity contribution in [2.45, 2.75) is 33.9 Å². The summed E-state index contributed by atoms with van der Waals surface area (Å²) in [5, 5.41) is 4.38. The lowest BCUT2D eigenvalue weighted by Crippen LogP contribution is -2.42. The highest BCUT2D eigenvalue weighted by Gasteiger charge is 2.27. The molecule has 0 spiro atoms. The normalized spacial score (nSPS) is 20.9. The summed E-state index contributed by atoms with van der Waals surface area (Å²) in [5.41, 5.74) is 1.57. The molecule has 2 atom stereocenters. The Morgan fingerprint density at radius 2 is 1.92 bits per heavy atom. The molecule has 1 fully saturated rings. The molecular weight excluding hydrogens is 302 g/mol. The second-order valence-corrected chi connectivity index (χ2v) is 6.94. The van der Waals surface area contributed by atoms with E-state index in [2.05, 4.69) is 18.9 Å². The number of carbonyl (C=O) groups is 1. The topological polar surface area (TPSA) is 47.4 Å². The number of benzene rings is 1. The molecule has 0 bridgehead atoms. The number of ether oxygens (including phenoxy) is 1. The van der Waals surface area contributed by atoms with E-state index in [9.17, 15) is 4.79 Å². The van der Waals surface area contributed by atoms with Crippen molar-refractivity contribution < 1.29 is 9.53 Å². The Hall–Kier alpha value is -2.30. The lowest BCUT2D eigenvalue weighted by molar-refractivity contribution is 0.0615. The quantitative estimate of drug-likeness (QED) is 0.865. The van der Waals surface area contributed by atoms with Gasteiger partial charge in [0, 0.05) is 19.3 Å². The number of likely N-dealkylation sites (tertiary alicyclic amines) is 1. The molecule has 0 radical (unpaired) electrons. The van der Waals surface area contributed by atoms with Crippen molar-refractivity contribution in [2.75, 3.05) is 13.1 Å². The van der Waals surface area contributed by atoms with E-state index in [1.54, 1.807) is 16.9 Å². The van der Waals surface area contributed by atoms with Gasteiger partial charge in [-0.25, -0.2) is 4.68 Å². The van der Waals surface area contributed by atoms with Crippen LogP contribution in [0.15, 0.2) is 36.5 Å². The van der Waals surface area contributed by atoms with Crippen molar-refractivity contribution in [3.05, 3.63) is 47.8 Å². The summed E-state index contributed by atoms with van der Waals surface area (Å²) < 4.78 is 7.43. The maximum atomic E-state index is 12.6. The molecule has 0 N–H and O–H groups in total. The van der Waals surface area contributed by atoms with E-state index < -0.39 is 0 Å². The molecule has 1 aliphatic heterocycles. The second kappa shape index (κ2) is 7.07. The lowest BCUT2D eigenvalue weighted by atomic mass is 9.92. The summed E-state index contributed by atoms with van der Waals surface area (Å²) in [6.07, 6.45) is 2.98. The molecule has 128 valence electrons. The summed E-state index contributed by atoms with van der Waals surface area (Å²) in [5.74, 6) is 1.94. The first-order valence-electron chi connectivity index (χ1n) is 8.54. The molecule has 1 aliphatic rings. The highest BCUT2D eigenvalue weighted by atomic mass is 16.5. The zero-order chi connectivity index (χ0) is 17.1. The van der Waals surface area contributed by atoms with Crippen molar-refractivity contribution in [3.8, 4) is 5.75 Å². The van der Waals surface area contributed by atoms with E-state index in [-0.39, 0.29) is 5.91 Å². The van der Waals surface area contributed by atoms with Crippen LogP contribution >= 0.6 is 0 Å². The molecule has 5 heteroatoms. The van der Waals surface area contributed by atoms with Crippen LogP contribution in [0.4, 0.5) is 0 Å². The number of piperidine rings is 1. The van der Waals surface area contributed by atoms with Crippen LogP contribution < -0.4 is 4.74 Å². The Morgan fingerprint density at radius 1 is 1.21 bits per heavy atom. The van der Waals surface area contributed by atoms with Gasteiger partial charge in [0.2, 0.25) is 0 Å². The average Bonchev–Trinajstić information content (AvgIpc) is 3.01. The summed E-state index contributed by atoms with van der Waals surface area (Å²) >= 11 is 0. The predicted molar refractivity (Wildman–Crippen MR) is 92.9 cm³/mol. The van der Waals surface area contributed by atoms with Crippen molar-refractivity contribution >= 4 is 5.91 Å². The molecule has 1 aromatic carbocycles.